The molecule has 3 unspecified atom stereocenters. The molecule has 0 aromatic rings. The molecular weight excluding hydrogens is 238 g/mol. The largest absolute Gasteiger partial charge is 0.389 e. The van der Waals surface area contributed by atoms with E-state index in [1.807, 2.05) is 0 Å². The highest BCUT2D eigenvalue weighted by atomic mass is 16.5. The first-order chi connectivity index (χ1) is 9.09. The van der Waals surface area contributed by atoms with Gasteiger partial charge in [0.15, 0.2) is 0 Å². The van der Waals surface area contributed by atoms with Gasteiger partial charge in [-0.2, -0.15) is 0 Å². The normalized spacial score (nSPS) is 25.7. The molecule has 0 aromatic heterocycles. The van der Waals surface area contributed by atoms with Crippen LogP contribution in [0.15, 0.2) is 0 Å². The van der Waals surface area contributed by atoms with Crippen LogP contribution in [0.3, 0.4) is 0 Å². The van der Waals surface area contributed by atoms with Crippen LogP contribution in [0.4, 0.5) is 0 Å². The predicted molar refractivity (Wildman–Crippen MR) is 80.3 cm³/mol. The SMILES string of the molecule is CC(C)CCCNCC(O)COC1CCCCC1C. The third-order valence-corrected chi connectivity index (χ3v) is 4.05. The lowest BCUT2D eigenvalue weighted by atomic mass is 9.88. The van der Waals surface area contributed by atoms with Gasteiger partial charge in [0.25, 0.3) is 0 Å². The smallest absolute Gasteiger partial charge is 0.0897 e. The zero-order valence-electron chi connectivity index (χ0n) is 13.0. The van der Waals surface area contributed by atoms with Crippen molar-refractivity contribution in [3.63, 3.8) is 0 Å². The first-order valence-corrected chi connectivity index (χ1v) is 8.10. The summed E-state index contributed by atoms with van der Waals surface area (Å²) in [4.78, 5) is 0. The monoisotopic (exact) mass is 271 g/mol. The summed E-state index contributed by atoms with van der Waals surface area (Å²) in [6, 6.07) is 0. The van der Waals surface area contributed by atoms with Crippen LogP contribution in [0, 0.1) is 11.8 Å². The van der Waals surface area contributed by atoms with Gasteiger partial charge >= 0.3 is 0 Å². The summed E-state index contributed by atoms with van der Waals surface area (Å²) in [5, 5.41) is 13.2. The summed E-state index contributed by atoms with van der Waals surface area (Å²) in [5.41, 5.74) is 0. The lowest BCUT2D eigenvalue weighted by Gasteiger charge is -2.29. The summed E-state index contributed by atoms with van der Waals surface area (Å²) in [5.74, 6) is 1.42. The van der Waals surface area contributed by atoms with Crippen molar-refractivity contribution in [2.75, 3.05) is 19.7 Å². The average Bonchev–Trinajstić information content (AvgIpc) is 2.37. The van der Waals surface area contributed by atoms with Gasteiger partial charge in [-0.25, -0.2) is 0 Å². The predicted octanol–water partition coefficient (Wildman–Crippen LogP) is 2.97. The second-order valence-corrected chi connectivity index (χ2v) is 6.53. The summed E-state index contributed by atoms with van der Waals surface area (Å²) < 4.78 is 5.86. The van der Waals surface area contributed by atoms with Crippen molar-refractivity contribution in [1.82, 2.24) is 5.32 Å². The summed E-state index contributed by atoms with van der Waals surface area (Å²) in [7, 11) is 0. The van der Waals surface area contributed by atoms with Crippen LogP contribution < -0.4 is 5.32 Å². The fourth-order valence-electron chi connectivity index (χ4n) is 2.73. The van der Waals surface area contributed by atoms with Crippen LogP contribution in [-0.4, -0.2) is 37.0 Å². The second kappa shape index (κ2) is 9.73. The molecule has 114 valence electrons. The Labute approximate surface area is 119 Å². The molecule has 19 heavy (non-hydrogen) atoms. The van der Waals surface area contributed by atoms with Gasteiger partial charge in [-0.3, -0.25) is 0 Å². The Hall–Kier alpha value is -0.120. The van der Waals surface area contributed by atoms with Crippen molar-refractivity contribution in [3.05, 3.63) is 0 Å². The Balaban J connectivity index is 1.99. The van der Waals surface area contributed by atoms with Crippen LogP contribution in [0.25, 0.3) is 0 Å². The lowest BCUT2D eigenvalue weighted by Crippen LogP contribution is -2.34. The van der Waals surface area contributed by atoms with E-state index in [0.29, 0.717) is 25.2 Å². The van der Waals surface area contributed by atoms with Crippen molar-refractivity contribution < 1.29 is 9.84 Å². The molecule has 3 atom stereocenters. The third-order valence-electron chi connectivity index (χ3n) is 4.05. The third kappa shape index (κ3) is 7.91. The van der Waals surface area contributed by atoms with Gasteiger partial charge in [0, 0.05) is 6.54 Å². The number of hydrogen-bond donors (Lipinski definition) is 2. The number of rotatable bonds is 9. The molecule has 0 aliphatic heterocycles. The standard InChI is InChI=1S/C16H33NO2/c1-13(2)7-6-10-17-11-15(18)12-19-16-9-5-4-8-14(16)3/h13-18H,4-12H2,1-3H3. The van der Waals surface area contributed by atoms with E-state index in [1.165, 1.54) is 32.1 Å². The second-order valence-electron chi connectivity index (χ2n) is 6.53. The van der Waals surface area contributed by atoms with Crippen LogP contribution in [0.5, 0.6) is 0 Å². The minimum Gasteiger partial charge on any atom is -0.389 e. The number of aliphatic hydroxyl groups is 1. The van der Waals surface area contributed by atoms with Gasteiger partial charge in [0.2, 0.25) is 0 Å². The molecule has 1 aliphatic carbocycles. The van der Waals surface area contributed by atoms with Crippen LogP contribution in [-0.2, 0) is 4.74 Å². The molecule has 1 saturated carbocycles. The number of hydrogen-bond acceptors (Lipinski definition) is 3. The highest BCUT2D eigenvalue weighted by molar-refractivity contribution is 4.73. The van der Waals surface area contributed by atoms with E-state index in [-0.39, 0.29) is 6.10 Å². The van der Waals surface area contributed by atoms with E-state index in [0.717, 1.165) is 18.9 Å². The molecule has 0 radical (unpaired) electrons. The maximum absolute atomic E-state index is 9.89. The Kier molecular flexibility index (Phi) is 8.67. The molecule has 3 heteroatoms. The summed E-state index contributed by atoms with van der Waals surface area (Å²) >= 11 is 0. The zero-order valence-corrected chi connectivity index (χ0v) is 13.0. The van der Waals surface area contributed by atoms with E-state index >= 15 is 0 Å². The first-order valence-electron chi connectivity index (χ1n) is 8.10. The lowest BCUT2D eigenvalue weighted by molar-refractivity contribution is -0.0451. The Bertz CT molecular complexity index is 221. The van der Waals surface area contributed by atoms with Gasteiger partial charge in [-0.05, 0) is 44.1 Å². The number of ether oxygens (including phenoxy) is 1. The fourth-order valence-corrected chi connectivity index (χ4v) is 2.73. The van der Waals surface area contributed by atoms with Crippen molar-refractivity contribution in [1.29, 1.82) is 0 Å². The Morgan fingerprint density at radius 1 is 1.26 bits per heavy atom. The van der Waals surface area contributed by atoms with E-state index in [2.05, 4.69) is 26.1 Å². The van der Waals surface area contributed by atoms with Crippen LogP contribution in [0.1, 0.15) is 59.3 Å². The zero-order chi connectivity index (χ0) is 14.1. The maximum atomic E-state index is 9.89. The van der Waals surface area contributed by atoms with Gasteiger partial charge in [-0.15, -0.1) is 0 Å². The van der Waals surface area contributed by atoms with Gasteiger partial charge < -0.3 is 15.2 Å². The van der Waals surface area contributed by atoms with E-state index in [1.54, 1.807) is 0 Å². The van der Waals surface area contributed by atoms with Crippen LogP contribution >= 0.6 is 0 Å². The Morgan fingerprint density at radius 2 is 2.00 bits per heavy atom. The molecule has 1 fully saturated rings. The Morgan fingerprint density at radius 3 is 2.68 bits per heavy atom. The van der Waals surface area contributed by atoms with Gasteiger partial charge in [0.05, 0.1) is 18.8 Å². The van der Waals surface area contributed by atoms with E-state index < -0.39 is 0 Å². The van der Waals surface area contributed by atoms with Crippen molar-refractivity contribution in [2.45, 2.75) is 71.5 Å². The molecule has 0 saturated heterocycles. The molecule has 0 bridgehead atoms. The molecule has 1 rings (SSSR count). The quantitative estimate of drug-likeness (QED) is 0.634. The highest BCUT2D eigenvalue weighted by Crippen LogP contribution is 2.26. The number of nitrogens with one attached hydrogen (secondary N) is 1. The van der Waals surface area contributed by atoms with E-state index in [9.17, 15) is 5.11 Å². The van der Waals surface area contributed by atoms with Crippen LogP contribution in [0.2, 0.25) is 0 Å². The molecule has 1 aliphatic rings. The molecule has 0 heterocycles. The summed E-state index contributed by atoms with van der Waals surface area (Å²) in [6.45, 7) is 8.88. The highest BCUT2D eigenvalue weighted by Gasteiger charge is 2.22. The minimum atomic E-state index is -0.367. The first kappa shape index (κ1) is 16.9. The topological polar surface area (TPSA) is 41.5 Å². The van der Waals surface area contributed by atoms with Crippen molar-refractivity contribution in [2.24, 2.45) is 11.8 Å². The van der Waals surface area contributed by atoms with Crippen molar-refractivity contribution in [3.8, 4) is 0 Å². The molecule has 3 nitrogen and oxygen atoms in total. The average molecular weight is 271 g/mol. The molecule has 0 aromatic carbocycles. The van der Waals surface area contributed by atoms with Gasteiger partial charge in [0.1, 0.15) is 0 Å². The maximum Gasteiger partial charge on any atom is 0.0897 e. The molecular formula is C16H33NO2. The van der Waals surface area contributed by atoms with Gasteiger partial charge in [-0.1, -0.05) is 33.6 Å². The molecule has 2 N–H and O–H groups in total. The molecule has 0 amide bonds. The minimum absolute atomic E-state index is 0.365. The van der Waals surface area contributed by atoms with Crippen molar-refractivity contribution >= 4 is 0 Å². The van der Waals surface area contributed by atoms with E-state index in [4.69, 9.17) is 4.74 Å². The summed E-state index contributed by atoms with van der Waals surface area (Å²) in [6.07, 6.45) is 7.48. The fraction of sp³-hybridized carbons (Fsp3) is 1.00. The number of aliphatic hydroxyl groups excluding tert-OH is 1. The molecule has 0 spiro atoms.